The number of ether oxygens (including phenoxy) is 1. The number of carboxylic acids is 1. The van der Waals surface area contributed by atoms with Crippen molar-refractivity contribution in [1.82, 2.24) is 9.13 Å². The molecular formula is C24H18F2N2O4. The fourth-order valence-electron chi connectivity index (χ4n) is 3.97. The van der Waals surface area contributed by atoms with Crippen molar-refractivity contribution < 1.29 is 23.4 Å². The maximum Gasteiger partial charge on any atom is 0.387 e. The van der Waals surface area contributed by atoms with Gasteiger partial charge in [0.15, 0.2) is 5.75 Å². The minimum absolute atomic E-state index is 0.0418. The summed E-state index contributed by atoms with van der Waals surface area (Å²) in [5.41, 5.74) is 1.00. The minimum Gasteiger partial charge on any atom is -0.477 e. The highest BCUT2D eigenvalue weighted by Crippen LogP contribution is 2.43. The Bertz CT molecular complexity index is 1370. The highest BCUT2D eigenvalue weighted by molar-refractivity contribution is 5.97. The number of carbonyl (C=O) groups is 1. The summed E-state index contributed by atoms with van der Waals surface area (Å²) < 4.78 is 35.3. The van der Waals surface area contributed by atoms with E-state index in [1.54, 1.807) is 16.7 Å². The van der Waals surface area contributed by atoms with Crippen molar-refractivity contribution in [1.29, 1.82) is 0 Å². The van der Waals surface area contributed by atoms with Crippen LogP contribution >= 0.6 is 0 Å². The van der Waals surface area contributed by atoms with Crippen LogP contribution in [0.3, 0.4) is 0 Å². The molecule has 5 rings (SSSR count). The number of halogens is 2. The lowest BCUT2D eigenvalue weighted by atomic mass is 10.0. The molecule has 2 heterocycles. The van der Waals surface area contributed by atoms with Gasteiger partial charge in [-0.3, -0.25) is 4.79 Å². The molecule has 162 valence electrons. The zero-order chi connectivity index (χ0) is 22.4. The lowest BCUT2D eigenvalue weighted by Gasteiger charge is -2.19. The molecule has 0 unspecified atom stereocenters. The molecule has 0 aliphatic heterocycles. The molecule has 0 bridgehead atoms. The molecule has 1 aliphatic rings. The van der Waals surface area contributed by atoms with Gasteiger partial charge >= 0.3 is 12.6 Å². The van der Waals surface area contributed by atoms with Crippen LogP contribution in [0.5, 0.6) is 5.75 Å². The molecule has 0 atom stereocenters. The summed E-state index contributed by atoms with van der Waals surface area (Å²) >= 11 is 0. The second-order valence-electron chi connectivity index (χ2n) is 7.67. The SMILES string of the molecule is O=C(O)c1cn(C2CC2)c2c(OC(F)F)c(-c3ccc(-n4cccc4)cc3)ccc2c1=O. The molecule has 1 aliphatic carbocycles. The highest BCUT2D eigenvalue weighted by Gasteiger charge is 2.30. The Morgan fingerprint density at radius 2 is 1.75 bits per heavy atom. The molecule has 4 aromatic rings. The number of fused-ring (bicyclic) bond motifs is 1. The Labute approximate surface area is 180 Å². The quantitative estimate of drug-likeness (QED) is 0.457. The zero-order valence-corrected chi connectivity index (χ0v) is 16.7. The maximum absolute atomic E-state index is 13.4. The fourth-order valence-corrected chi connectivity index (χ4v) is 3.97. The first-order valence-corrected chi connectivity index (χ1v) is 10.1. The summed E-state index contributed by atoms with van der Waals surface area (Å²) in [6, 6.07) is 14.0. The molecule has 8 heteroatoms. The van der Waals surface area contributed by atoms with Crippen LogP contribution in [-0.2, 0) is 0 Å². The maximum atomic E-state index is 13.4. The smallest absolute Gasteiger partial charge is 0.387 e. The first kappa shape index (κ1) is 20.0. The van der Waals surface area contributed by atoms with Gasteiger partial charge < -0.3 is 19.0 Å². The van der Waals surface area contributed by atoms with E-state index in [4.69, 9.17) is 4.74 Å². The number of hydrogen-bond acceptors (Lipinski definition) is 3. The molecule has 2 aromatic carbocycles. The van der Waals surface area contributed by atoms with Crippen LogP contribution in [0, 0.1) is 0 Å². The van der Waals surface area contributed by atoms with Crippen LogP contribution < -0.4 is 10.2 Å². The van der Waals surface area contributed by atoms with Gasteiger partial charge in [-0.25, -0.2) is 4.79 Å². The number of rotatable bonds is 6. The number of aromatic nitrogens is 2. The second kappa shape index (κ2) is 7.64. The Morgan fingerprint density at radius 3 is 2.34 bits per heavy atom. The largest absolute Gasteiger partial charge is 0.477 e. The molecule has 1 N–H and O–H groups in total. The van der Waals surface area contributed by atoms with Crippen molar-refractivity contribution in [2.24, 2.45) is 0 Å². The van der Waals surface area contributed by atoms with Gasteiger partial charge in [0, 0.05) is 35.9 Å². The molecule has 32 heavy (non-hydrogen) atoms. The van der Waals surface area contributed by atoms with Crippen LogP contribution in [0.25, 0.3) is 27.7 Å². The summed E-state index contributed by atoms with van der Waals surface area (Å²) in [5.74, 6) is -1.49. The average molecular weight is 436 g/mol. The van der Waals surface area contributed by atoms with E-state index in [9.17, 15) is 23.5 Å². The molecule has 2 aromatic heterocycles. The van der Waals surface area contributed by atoms with Crippen molar-refractivity contribution in [2.75, 3.05) is 0 Å². The Balaban J connectivity index is 1.75. The predicted molar refractivity (Wildman–Crippen MR) is 115 cm³/mol. The summed E-state index contributed by atoms with van der Waals surface area (Å²) in [6.07, 6.45) is 6.55. The number of nitrogens with zero attached hydrogens (tertiary/aromatic N) is 2. The van der Waals surface area contributed by atoms with E-state index in [2.05, 4.69) is 0 Å². The van der Waals surface area contributed by atoms with Gasteiger partial charge in [-0.15, -0.1) is 0 Å². The van der Waals surface area contributed by atoms with Gasteiger partial charge in [-0.2, -0.15) is 8.78 Å². The van der Waals surface area contributed by atoms with Gasteiger partial charge in [0.25, 0.3) is 0 Å². The lowest BCUT2D eigenvalue weighted by molar-refractivity contribution is -0.0486. The van der Waals surface area contributed by atoms with E-state index in [-0.39, 0.29) is 22.7 Å². The molecule has 0 spiro atoms. The van der Waals surface area contributed by atoms with Gasteiger partial charge in [-0.1, -0.05) is 12.1 Å². The van der Waals surface area contributed by atoms with E-state index in [1.807, 2.05) is 41.2 Å². The van der Waals surface area contributed by atoms with Crippen LogP contribution in [0.1, 0.15) is 29.2 Å². The number of carboxylic acid groups (broad SMARTS) is 1. The molecule has 1 saturated carbocycles. The predicted octanol–water partition coefficient (Wildman–Crippen LogP) is 5.09. The van der Waals surface area contributed by atoms with Gasteiger partial charge in [0.1, 0.15) is 5.56 Å². The van der Waals surface area contributed by atoms with Crippen molar-refractivity contribution in [3.63, 3.8) is 0 Å². The fraction of sp³-hybridized carbons (Fsp3) is 0.167. The first-order valence-electron chi connectivity index (χ1n) is 10.1. The number of aromatic carboxylic acids is 1. The van der Waals surface area contributed by atoms with Crippen molar-refractivity contribution in [3.8, 4) is 22.6 Å². The zero-order valence-electron chi connectivity index (χ0n) is 16.7. The normalized spacial score (nSPS) is 13.6. The third kappa shape index (κ3) is 3.43. The summed E-state index contributed by atoms with van der Waals surface area (Å²) in [6.45, 7) is -3.11. The Morgan fingerprint density at radius 1 is 1.06 bits per heavy atom. The van der Waals surface area contributed by atoms with E-state index < -0.39 is 23.6 Å². The van der Waals surface area contributed by atoms with Crippen LogP contribution in [0.4, 0.5) is 8.78 Å². The van der Waals surface area contributed by atoms with Crippen LogP contribution in [0.2, 0.25) is 0 Å². The molecule has 0 saturated heterocycles. The Hall–Kier alpha value is -3.94. The lowest BCUT2D eigenvalue weighted by Crippen LogP contribution is -2.19. The molecule has 0 radical (unpaired) electrons. The molecule has 6 nitrogen and oxygen atoms in total. The van der Waals surface area contributed by atoms with Gasteiger partial charge in [-0.05, 0) is 54.8 Å². The molecule has 0 amide bonds. The Kier molecular flexibility index (Phi) is 4.77. The van der Waals surface area contributed by atoms with E-state index >= 15 is 0 Å². The van der Waals surface area contributed by atoms with Crippen molar-refractivity contribution in [2.45, 2.75) is 25.5 Å². The van der Waals surface area contributed by atoms with E-state index in [0.29, 0.717) is 11.1 Å². The topological polar surface area (TPSA) is 73.5 Å². The monoisotopic (exact) mass is 436 g/mol. The van der Waals surface area contributed by atoms with Crippen molar-refractivity contribution in [3.05, 3.63) is 82.9 Å². The summed E-state index contributed by atoms with van der Waals surface area (Å²) in [5, 5.41) is 9.48. The van der Waals surface area contributed by atoms with E-state index in [0.717, 1.165) is 18.5 Å². The summed E-state index contributed by atoms with van der Waals surface area (Å²) in [7, 11) is 0. The van der Waals surface area contributed by atoms with Gasteiger partial charge in [0.2, 0.25) is 5.43 Å². The van der Waals surface area contributed by atoms with E-state index in [1.165, 1.54) is 18.3 Å². The second-order valence-corrected chi connectivity index (χ2v) is 7.67. The number of alkyl halides is 2. The van der Waals surface area contributed by atoms with Crippen LogP contribution in [0.15, 0.2) is 71.9 Å². The molecule has 1 fully saturated rings. The first-order chi connectivity index (χ1) is 15.4. The number of hydrogen-bond donors (Lipinski definition) is 1. The minimum atomic E-state index is -3.11. The third-order valence-corrected chi connectivity index (χ3v) is 5.61. The standard InChI is InChI=1S/C24H18F2N2O4/c25-24(26)32-22-17(14-3-5-15(6-4-14)27-11-1-2-12-27)9-10-18-20(22)28(16-7-8-16)13-19(21(18)29)23(30)31/h1-6,9-13,16,24H,7-8H2,(H,30,31). The van der Waals surface area contributed by atoms with Crippen molar-refractivity contribution >= 4 is 16.9 Å². The van der Waals surface area contributed by atoms with Crippen LogP contribution in [-0.4, -0.2) is 26.8 Å². The highest BCUT2D eigenvalue weighted by atomic mass is 19.3. The molecular weight excluding hydrogens is 418 g/mol. The number of benzene rings is 2. The van der Waals surface area contributed by atoms with Gasteiger partial charge in [0.05, 0.1) is 10.9 Å². The third-order valence-electron chi connectivity index (χ3n) is 5.61. The average Bonchev–Trinajstić information content (AvgIpc) is 3.47. The number of pyridine rings is 1. The summed E-state index contributed by atoms with van der Waals surface area (Å²) in [4.78, 5) is 24.4.